The van der Waals surface area contributed by atoms with Crippen molar-refractivity contribution < 1.29 is 14.3 Å². The number of amides is 1. The van der Waals surface area contributed by atoms with Gasteiger partial charge in [0.05, 0.1) is 6.04 Å². The van der Waals surface area contributed by atoms with Gasteiger partial charge in [0.2, 0.25) is 5.91 Å². The van der Waals surface area contributed by atoms with E-state index in [0.717, 1.165) is 24.8 Å². The molecule has 1 heterocycles. The van der Waals surface area contributed by atoms with Crippen molar-refractivity contribution in [1.29, 1.82) is 0 Å². The van der Waals surface area contributed by atoms with Crippen LogP contribution >= 0.6 is 0 Å². The van der Waals surface area contributed by atoms with Gasteiger partial charge in [-0.2, -0.15) is 0 Å². The summed E-state index contributed by atoms with van der Waals surface area (Å²) in [5, 5.41) is 0. The monoisotopic (exact) mass is 316 g/mol. The predicted octanol–water partition coefficient (Wildman–Crippen LogP) is 1.85. The van der Waals surface area contributed by atoms with Gasteiger partial charge in [-0.1, -0.05) is 36.8 Å². The minimum absolute atomic E-state index is 0.138. The maximum atomic E-state index is 12.5. The molecule has 1 saturated heterocycles. The second-order valence-electron chi connectivity index (χ2n) is 6.64. The second kappa shape index (κ2) is 6.71. The molecule has 0 spiro atoms. The maximum Gasteiger partial charge on any atom is 0.329 e. The summed E-state index contributed by atoms with van der Waals surface area (Å²) in [5.74, 6) is -0.0368. The zero-order chi connectivity index (χ0) is 16.4. The Bertz CT molecular complexity index is 573. The zero-order valence-electron chi connectivity index (χ0n) is 13.5. The lowest BCUT2D eigenvalue weighted by Gasteiger charge is -2.30. The number of rotatable bonds is 4. The Kier molecular flexibility index (Phi) is 4.66. The number of fused-ring (bicyclic) bond motifs is 1. The first-order chi connectivity index (χ1) is 11.1. The lowest BCUT2D eigenvalue weighted by Crippen LogP contribution is -2.51. The number of hydrogen-bond donors (Lipinski definition) is 1. The molecule has 3 rings (SSSR count). The predicted molar refractivity (Wildman–Crippen MR) is 86.3 cm³/mol. The third kappa shape index (κ3) is 3.24. The van der Waals surface area contributed by atoms with Gasteiger partial charge in [-0.3, -0.25) is 4.79 Å². The highest BCUT2D eigenvalue weighted by molar-refractivity contribution is 5.88. The van der Waals surface area contributed by atoms with Crippen LogP contribution in [0.1, 0.15) is 38.2 Å². The summed E-state index contributed by atoms with van der Waals surface area (Å²) in [5.41, 5.74) is 6.73. The van der Waals surface area contributed by atoms with E-state index in [0.29, 0.717) is 12.3 Å². The third-order valence-electron chi connectivity index (χ3n) is 4.98. The smallest absolute Gasteiger partial charge is 0.329 e. The Hall–Kier alpha value is -1.88. The average Bonchev–Trinajstić information content (AvgIpc) is 3.13. The topological polar surface area (TPSA) is 72.6 Å². The van der Waals surface area contributed by atoms with Gasteiger partial charge < -0.3 is 15.4 Å². The van der Waals surface area contributed by atoms with E-state index in [1.807, 2.05) is 30.3 Å². The number of benzene rings is 1. The summed E-state index contributed by atoms with van der Waals surface area (Å²) in [6.45, 7) is 1.92. The van der Waals surface area contributed by atoms with Crippen molar-refractivity contribution in [2.75, 3.05) is 0 Å². The Balaban J connectivity index is 1.69. The van der Waals surface area contributed by atoms with Crippen LogP contribution in [0.25, 0.3) is 0 Å². The van der Waals surface area contributed by atoms with Crippen molar-refractivity contribution in [3.8, 4) is 0 Å². The number of likely N-dealkylation sites (tertiary alicyclic amines) is 1. The molecule has 2 fully saturated rings. The van der Waals surface area contributed by atoms with E-state index >= 15 is 0 Å². The van der Waals surface area contributed by atoms with Crippen LogP contribution < -0.4 is 5.73 Å². The van der Waals surface area contributed by atoms with Crippen LogP contribution in [-0.2, 0) is 20.9 Å². The normalized spacial score (nSPS) is 27.6. The molecule has 2 N–H and O–H groups in total. The van der Waals surface area contributed by atoms with Crippen molar-refractivity contribution >= 4 is 11.9 Å². The molecule has 124 valence electrons. The Morgan fingerprint density at radius 2 is 2.04 bits per heavy atom. The van der Waals surface area contributed by atoms with Crippen molar-refractivity contribution in [1.82, 2.24) is 4.90 Å². The van der Waals surface area contributed by atoms with Crippen LogP contribution in [0.4, 0.5) is 0 Å². The summed E-state index contributed by atoms with van der Waals surface area (Å²) in [4.78, 5) is 26.7. The van der Waals surface area contributed by atoms with Crippen molar-refractivity contribution in [3.63, 3.8) is 0 Å². The summed E-state index contributed by atoms with van der Waals surface area (Å²) in [6, 6.07) is 8.67. The van der Waals surface area contributed by atoms with Crippen LogP contribution in [0.5, 0.6) is 0 Å². The molecule has 4 atom stereocenters. The highest BCUT2D eigenvalue weighted by Crippen LogP contribution is 2.41. The fraction of sp³-hybridized carbons (Fsp3) is 0.556. The second-order valence-corrected chi connectivity index (χ2v) is 6.64. The van der Waals surface area contributed by atoms with Gasteiger partial charge in [-0.15, -0.1) is 0 Å². The quantitative estimate of drug-likeness (QED) is 0.860. The Morgan fingerprint density at radius 3 is 2.74 bits per heavy atom. The molecule has 0 radical (unpaired) electrons. The summed E-state index contributed by atoms with van der Waals surface area (Å²) in [6.07, 6.45) is 3.86. The van der Waals surface area contributed by atoms with Crippen LogP contribution in [-0.4, -0.2) is 34.9 Å². The van der Waals surface area contributed by atoms with E-state index in [2.05, 4.69) is 0 Å². The number of nitrogens with zero attached hydrogens (tertiary/aromatic N) is 1. The van der Waals surface area contributed by atoms with E-state index in [1.165, 1.54) is 0 Å². The first-order valence-electron chi connectivity index (χ1n) is 8.36. The van der Waals surface area contributed by atoms with Crippen LogP contribution in [0, 0.1) is 5.92 Å². The van der Waals surface area contributed by atoms with Gasteiger partial charge in [-0.25, -0.2) is 4.79 Å². The fourth-order valence-corrected chi connectivity index (χ4v) is 3.88. The molecule has 1 aliphatic carbocycles. The summed E-state index contributed by atoms with van der Waals surface area (Å²) < 4.78 is 5.46. The molecular weight excluding hydrogens is 292 g/mol. The van der Waals surface area contributed by atoms with Gasteiger partial charge in [0.1, 0.15) is 12.6 Å². The maximum absolute atomic E-state index is 12.5. The molecule has 0 unspecified atom stereocenters. The summed E-state index contributed by atoms with van der Waals surface area (Å²) in [7, 11) is 0. The van der Waals surface area contributed by atoms with Crippen molar-refractivity contribution in [2.24, 2.45) is 11.7 Å². The molecule has 1 aromatic carbocycles. The molecule has 0 aromatic heterocycles. The van der Waals surface area contributed by atoms with Crippen molar-refractivity contribution in [3.05, 3.63) is 35.9 Å². The standard InChI is InChI=1S/C18H24N2O3/c1-12(19)17(21)20-15-9-5-8-14(15)10-16(20)18(22)23-11-13-6-3-2-4-7-13/h2-4,6-7,12,14-16H,5,8-11,19H2,1H3/t12-,14+,15+,16+/m1/s1. The Morgan fingerprint density at radius 1 is 1.30 bits per heavy atom. The molecular formula is C18H24N2O3. The van der Waals surface area contributed by atoms with Crippen LogP contribution in [0.15, 0.2) is 30.3 Å². The van der Waals surface area contributed by atoms with Crippen molar-refractivity contribution in [2.45, 2.75) is 57.3 Å². The minimum atomic E-state index is -0.584. The van der Waals surface area contributed by atoms with Gasteiger partial charge in [0.15, 0.2) is 0 Å². The average molecular weight is 316 g/mol. The third-order valence-corrected chi connectivity index (χ3v) is 4.98. The molecule has 5 nitrogen and oxygen atoms in total. The minimum Gasteiger partial charge on any atom is -0.459 e. The fourth-order valence-electron chi connectivity index (χ4n) is 3.88. The van der Waals surface area contributed by atoms with Crippen LogP contribution in [0.2, 0.25) is 0 Å². The number of nitrogens with two attached hydrogens (primary N) is 1. The highest BCUT2D eigenvalue weighted by Gasteiger charge is 2.49. The van der Waals surface area contributed by atoms with Gasteiger partial charge in [0.25, 0.3) is 0 Å². The molecule has 2 aliphatic rings. The molecule has 23 heavy (non-hydrogen) atoms. The number of carbonyl (C=O) groups is 2. The molecule has 5 heteroatoms. The van der Waals surface area contributed by atoms with Gasteiger partial charge in [-0.05, 0) is 37.7 Å². The number of esters is 1. The van der Waals surface area contributed by atoms with Gasteiger partial charge >= 0.3 is 5.97 Å². The number of carbonyl (C=O) groups excluding carboxylic acids is 2. The first kappa shape index (κ1) is 16.0. The Labute approximate surface area is 136 Å². The zero-order valence-corrected chi connectivity index (χ0v) is 13.5. The largest absolute Gasteiger partial charge is 0.459 e. The molecule has 0 bridgehead atoms. The number of hydrogen-bond acceptors (Lipinski definition) is 4. The molecule has 1 aliphatic heterocycles. The van der Waals surface area contributed by atoms with E-state index in [1.54, 1.807) is 11.8 Å². The van der Waals surface area contributed by atoms with Gasteiger partial charge in [0, 0.05) is 6.04 Å². The molecule has 1 amide bonds. The molecule has 1 aromatic rings. The lowest BCUT2D eigenvalue weighted by atomic mass is 10.0. The van der Waals surface area contributed by atoms with E-state index < -0.39 is 12.1 Å². The van der Waals surface area contributed by atoms with Crippen LogP contribution in [0.3, 0.4) is 0 Å². The lowest BCUT2D eigenvalue weighted by molar-refractivity contribution is -0.156. The van der Waals surface area contributed by atoms with E-state index in [4.69, 9.17) is 10.5 Å². The SMILES string of the molecule is C[C@@H](N)C(=O)N1[C@H](C(=O)OCc2ccccc2)C[C@@H]2CCC[C@@H]21. The first-order valence-corrected chi connectivity index (χ1v) is 8.36. The summed E-state index contributed by atoms with van der Waals surface area (Å²) >= 11 is 0. The highest BCUT2D eigenvalue weighted by atomic mass is 16.5. The number of ether oxygens (including phenoxy) is 1. The molecule has 1 saturated carbocycles. The van der Waals surface area contributed by atoms with E-state index in [-0.39, 0.29) is 24.5 Å². The van der Waals surface area contributed by atoms with E-state index in [9.17, 15) is 9.59 Å².